The fraction of sp³-hybridized carbons (Fsp3) is 0.625. The maximum absolute atomic E-state index is 3.65. The zero-order valence-corrected chi connectivity index (χ0v) is 11.9. The van der Waals surface area contributed by atoms with E-state index in [0.29, 0.717) is 6.04 Å². The summed E-state index contributed by atoms with van der Waals surface area (Å²) < 4.78 is 0. The fourth-order valence-electron chi connectivity index (χ4n) is 2.80. The van der Waals surface area contributed by atoms with E-state index >= 15 is 0 Å². The number of nitrogens with one attached hydrogen (secondary N) is 1. The Morgan fingerprint density at radius 3 is 2.28 bits per heavy atom. The first-order valence-electron chi connectivity index (χ1n) is 7.27. The van der Waals surface area contributed by atoms with Gasteiger partial charge in [-0.1, -0.05) is 51.5 Å². The van der Waals surface area contributed by atoms with E-state index in [0.717, 1.165) is 32.1 Å². The molecule has 1 aromatic carbocycles. The van der Waals surface area contributed by atoms with Crippen molar-refractivity contribution in [2.24, 2.45) is 5.92 Å². The first-order chi connectivity index (χ1) is 8.74. The lowest BCUT2D eigenvalue weighted by molar-refractivity contribution is 0.215. The molecule has 0 saturated heterocycles. The summed E-state index contributed by atoms with van der Waals surface area (Å²) in [5, 5.41) is 3.65. The van der Waals surface area contributed by atoms with Crippen LogP contribution in [0.3, 0.4) is 0 Å². The first kappa shape index (κ1) is 13.6. The molecule has 0 radical (unpaired) electrons. The topological polar surface area (TPSA) is 15.3 Å². The van der Waals surface area contributed by atoms with Crippen molar-refractivity contribution in [3.05, 3.63) is 35.4 Å². The monoisotopic (exact) mass is 246 g/mol. The van der Waals surface area contributed by atoms with Gasteiger partial charge in [-0.05, 0) is 23.6 Å². The molecule has 1 N–H and O–H groups in total. The van der Waals surface area contributed by atoms with Gasteiger partial charge in [-0.15, -0.1) is 0 Å². The molecule has 2 rings (SSSR count). The summed E-state index contributed by atoms with van der Waals surface area (Å²) in [5.41, 5.74) is 3.02. The van der Waals surface area contributed by atoms with Crippen LogP contribution in [0.1, 0.15) is 38.3 Å². The van der Waals surface area contributed by atoms with Gasteiger partial charge >= 0.3 is 0 Å². The second-order valence-corrected chi connectivity index (χ2v) is 5.49. The van der Waals surface area contributed by atoms with Crippen LogP contribution in [0.2, 0.25) is 0 Å². The van der Waals surface area contributed by atoms with Crippen LogP contribution in [0.25, 0.3) is 0 Å². The minimum absolute atomic E-state index is 0.620. The molecule has 2 unspecified atom stereocenters. The first-order valence-corrected chi connectivity index (χ1v) is 7.27. The molecule has 2 heteroatoms. The number of hydrogen-bond donors (Lipinski definition) is 1. The predicted octanol–water partition coefficient (Wildman–Crippen LogP) is 3.03. The van der Waals surface area contributed by atoms with Gasteiger partial charge in [-0.2, -0.15) is 0 Å². The minimum Gasteiger partial charge on any atom is -0.313 e. The van der Waals surface area contributed by atoms with Gasteiger partial charge in [0, 0.05) is 25.7 Å². The highest BCUT2D eigenvalue weighted by molar-refractivity contribution is 5.30. The molecule has 0 aliphatic carbocycles. The van der Waals surface area contributed by atoms with E-state index in [-0.39, 0.29) is 0 Å². The van der Waals surface area contributed by atoms with Crippen molar-refractivity contribution in [3.63, 3.8) is 0 Å². The number of rotatable bonds is 6. The van der Waals surface area contributed by atoms with Gasteiger partial charge in [-0.3, -0.25) is 4.90 Å². The number of likely N-dealkylation sites (N-methyl/N-ethyl adjacent to an activating group) is 1. The van der Waals surface area contributed by atoms with Gasteiger partial charge < -0.3 is 5.32 Å². The summed E-state index contributed by atoms with van der Waals surface area (Å²) in [7, 11) is 0. The third-order valence-corrected chi connectivity index (χ3v) is 4.16. The molecule has 100 valence electrons. The highest BCUT2D eigenvalue weighted by Crippen LogP contribution is 2.23. The predicted molar refractivity (Wildman–Crippen MR) is 77.5 cm³/mol. The molecule has 0 saturated carbocycles. The largest absolute Gasteiger partial charge is 0.313 e. The fourth-order valence-corrected chi connectivity index (χ4v) is 2.80. The molecule has 1 aliphatic heterocycles. The zero-order chi connectivity index (χ0) is 13.0. The summed E-state index contributed by atoms with van der Waals surface area (Å²) in [6, 6.07) is 9.45. The summed E-state index contributed by atoms with van der Waals surface area (Å²) in [5.74, 6) is 0.744. The van der Waals surface area contributed by atoms with Crippen LogP contribution in [0.15, 0.2) is 24.3 Å². The van der Waals surface area contributed by atoms with E-state index in [1.807, 2.05) is 0 Å². The van der Waals surface area contributed by atoms with Crippen LogP contribution in [0.4, 0.5) is 0 Å². The van der Waals surface area contributed by atoms with Crippen molar-refractivity contribution in [3.8, 4) is 0 Å². The maximum Gasteiger partial charge on any atom is 0.0241 e. The highest BCUT2D eigenvalue weighted by Gasteiger charge is 2.23. The molecule has 2 atom stereocenters. The second kappa shape index (κ2) is 6.35. The number of hydrogen-bond acceptors (Lipinski definition) is 2. The SMILES string of the molecule is CCNC(CN1Cc2ccccc2C1)C(C)CC. The van der Waals surface area contributed by atoms with Crippen LogP contribution < -0.4 is 5.32 Å². The minimum atomic E-state index is 0.620. The van der Waals surface area contributed by atoms with E-state index in [9.17, 15) is 0 Å². The molecule has 0 aromatic heterocycles. The molecule has 1 aliphatic rings. The average molecular weight is 246 g/mol. The molecular formula is C16H26N2. The van der Waals surface area contributed by atoms with Crippen molar-refractivity contribution in [1.29, 1.82) is 0 Å². The quantitative estimate of drug-likeness (QED) is 0.830. The van der Waals surface area contributed by atoms with E-state index in [1.165, 1.54) is 17.5 Å². The Morgan fingerprint density at radius 1 is 1.17 bits per heavy atom. The Hall–Kier alpha value is -0.860. The van der Waals surface area contributed by atoms with Crippen LogP contribution in [0, 0.1) is 5.92 Å². The van der Waals surface area contributed by atoms with E-state index in [2.05, 4.69) is 55.3 Å². The van der Waals surface area contributed by atoms with Crippen LogP contribution in [0.5, 0.6) is 0 Å². The lowest BCUT2D eigenvalue weighted by Gasteiger charge is -2.28. The summed E-state index contributed by atoms with van der Waals surface area (Å²) in [4.78, 5) is 2.57. The third kappa shape index (κ3) is 3.12. The maximum atomic E-state index is 3.65. The van der Waals surface area contributed by atoms with E-state index < -0.39 is 0 Å². The number of benzene rings is 1. The summed E-state index contributed by atoms with van der Waals surface area (Å²) in [6.07, 6.45) is 1.25. The van der Waals surface area contributed by atoms with Gasteiger partial charge in [0.2, 0.25) is 0 Å². The van der Waals surface area contributed by atoms with E-state index in [1.54, 1.807) is 0 Å². The molecule has 0 spiro atoms. The Morgan fingerprint density at radius 2 is 1.78 bits per heavy atom. The zero-order valence-electron chi connectivity index (χ0n) is 11.9. The van der Waals surface area contributed by atoms with E-state index in [4.69, 9.17) is 0 Å². The Balaban J connectivity index is 1.94. The average Bonchev–Trinajstić information content (AvgIpc) is 2.79. The van der Waals surface area contributed by atoms with Crippen LogP contribution in [-0.2, 0) is 13.1 Å². The molecule has 0 fully saturated rings. The Kier molecular flexibility index (Phi) is 4.79. The third-order valence-electron chi connectivity index (χ3n) is 4.16. The van der Waals surface area contributed by atoms with Crippen LogP contribution in [-0.4, -0.2) is 24.0 Å². The van der Waals surface area contributed by atoms with Gasteiger partial charge in [0.15, 0.2) is 0 Å². The van der Waals surface area contributed by atoms with Crippen molar-refractivity contribution < 1.29 is 0 Å². The highest BCUT2D eigenvalue weighted by atomic mass is 15.2. The Labute approximate surface area is 111 Å². The van der Waals surface area contributed by atoms with Gasteiger partial charge in [0.05, 0.1) is 0 Å². The molecule has 0 amide bonds. The molecule has 1 heterocycles. The van der Waals surface area contributed by atoms with Crippen molar-refractivity contribution in [2.75, 3.05) is 13.1 Å². The molecule has 0 bridgehead atoms. The van der Waals surface area contributed by atoms with Crippen molar-refractivity contribution >= 4 is 0 Å². The molecule has 18 heavy (non-hydrogen) atoms. The normalized spacial score (nSPS) is 18.6. The van der Waals surface area contributed by atoms with Crippen molar-refractivity contribution in [1.82, 2.24) is 10.2 Å². The molecular weight excluding hydrogens is 220 g/mol. The second-order valence-electron chi connectivity index (χ2n) is 5.49. The molecule has 2 nitrogen and oxygen atoms in total. The van der Waals surface area contributed by atoms with Crippen LogP contribution >= 0.6 is 0 Å². The number of fused-ring (bicyclic) bond motifs is 1. The van der Waals surface area contributed by atoms with Crippen molar-refractivity contribution in [2.45, 2.75) is 46.3 Å². The standard InChI is InChI=1S/C16H26N2/c1-4-13(3)16(17-5-2)12-18-10-14-8-6-7-9-15(14)11-18/h6-9,13,16-17H,4-5,10-12H2,1-3H3. The number of nitrogens with zero attached hydrogens (tertiary/aromatic N) is 1. The summed E-state index contributed by atoms with van der Waals surface area (Å²) >= 11 is 0. The molecule has 1 aromatic rings. The van der Waals surface area contributed by atoms with Gasteiger partial charge in [0.1, 0.15) is 0 Å². The van der Waals surface area contributed by atoms with Gasteiger partial charge in [0.25, 0.3) is 0 Å². The lowest BCUT2D eigenvalue weighted by atomic mass is 9.98. The van der Waals surface area contributed by atoms with Gasteiger partial charge in [-0.25, -0.2) is 0 Å². The lowest BCUT2D eigenvalue weighted by Crippen LogP contribution is -2.43. The Bertz CT molecular complexity index is 350. The smallest absolute Gasteiger partial charge is 0.0241 e. The summed E-state index contributed by atoms with van der Waals surface area (Å²) in [6.45, 7) is 11.3.